The van der Waals surface area contributed by atoms with Gasteiger partial charge in [0.1, 0.15) is 23.0 Å². The van der Waals surface area contributed by atoms with Crippen molar-refractivity contribution >= 4 is 40.1 Å². The van der Waals surface area contributed by atoms with Crippen LogP contribution < -0.4 is 16.0 Å². The molecule has 168 valence electrons. The highest BCUT2D eigenvalue weighted by atomic mass is 19.1. The Hall–Kier alpha value is -4.79. The third-order valence-electron chi connectivity index (χ3n) is 5.39. The molecule has 3 aromatic carbocycles. The van der Waals surface area contributed by atoms with Gasteiger partial charge in [0.2, 0.25) is 5.95 Å². The summed E-state index contributed by atoms with van der Waals surface area (Å²) in [6, 6.07) is 20.8. The lowest BCUT2D eigenvalue weighted by Gasteiger charge is -2.18. The molecule has 0 radical (unpaired) electrons. The second-order valence-electron chi connectivity index (χ2n) is 7.63. The van der Waals surface area contributed by atoms with Crippen molar-refractivity contribution in [2.45, 2.75) is 0 Å². The molecule has 0 aliphatic heterocycles. The number of H-pyrrole nitrogens is 1. The van der Waals surface area contributed by atoms with Gasteiger partial charge in [0, 0.05) is 30.2 Å². The number of carbonyl (C=O) groups excluding carboxylic acids is 1. The van der Waals surface area contributed by atoms with E-state index in [4.69, 9.17) is 5.73 Å². The summed E-state index contributed by atoms with van der Waals surface area (Å²) in [6.45, 7) is 0. The summed E-state index contributed by atoms with van der Waals surface area (Å²) in [7, 11) is 1.85. The zero-order valence-electron chi connectivity index (χ0n) is 18.2. The predicted octanol–water partition coefficient (Wildman–Crippen LogP) is 4.77. The topological polar surface area (TPSA) is 113 Å². The summed E-state index contributed by atoms with van der Waals surface area (Å²) in [5.41, 5.74) is 9.57. The number of benzene rings is 3. The van der Waals surface area contributed by atoms with Crippen molar-refractivity contribution in [3.63, 3.8) is 0 Å². The highest BCUT2D eigenvalue weighted by Gasteiger charge is 2.12. The van der Waals surface area contributed by atoms with Gasteiger partial charge >= 0.3 is 0 Å². The Balaban J connectivity index is 1.35. The van der Waals surface area contributed by atoms with Crippen LogP contribution in [0.1, 0.15) is 10.4 Å². The first kappa shape index (κ1) is 21.1. The second kappa shape index (κ2) is 8.62. The van der Waals surface area contributed by atoms with Gasteiger partial charge in [-0.2, -0.15) is 4.98 Å². The van der Waals surface area contributed by atoms with Crippen molar-refractivity contribution in [2.24, 2.45) is 5.73 Å². The number of amides is 1. The second-order valence-corrected chi connectivity index (χ2v) is 7.63. The third kappa shape index (κ3) is 4.14. The molecule has 5 rings (SSSR count). The third-order valence-corrected chi connectivity index (χ3v) is 5.39. The number of primary amides is 1. The van der Waals surface area contributed by atoms with Crippen molar-refractivity contribution in [1.29, 1.82) is 0 Å². The van der Waals surface area contributed by atoms with Crippen LogP contribution in [0.15, 0.2) is 79.0 Å². The molecule has 0 aliphatic rings. The van der Waals surface area contributed by atoms with Crippen LogP contribution in [0.5, 0.6) is 0 Å². The fourth-order valence-corrected chi connectivity index (χ4v) is 3.60. The van der Waals surface area contributed by atoms with Crippen LogP contribution in [0.4, 0.5) is 27.5 Å². The van der Waals surface area contributed by atoms with Crippen LogP contribution in [0.2, 0.25) is 0 Å². The standard InChI is InChI=1S/C25H20FN7O/c1-33(18-11-7-16(26)8-12-18)21-13-14-28-25(31-21)29-17-9-5-15(6-10-17)24-30-20-4-2-3-19(23(27)34)22(20)32-24/h2-14H,1H3,(H2,27,34)(H,30,32)(H,28,29,31). The van der Waals surface area contributed by atoms with Crippen molar-refractivity contribution in [1.82, 2.24) is 19.9 Å². The van der Waals surface area contributed by atoms with E-state index >= 15 is 0 Å². The van der Waals surface area contributed by atoms with E-state index in [2.05, 4.69) is 25.3 Å². The van der Waals surface area contributed by atoms with Gasteiger partial charge in [-0.25, -0.2) is 14.4 Å². The minimum Gasteiger partial charge on any atom is -0.366 e. The lowest BCUT2D eigenvalue weighted by Crippen LogP contribution is -2.12. The molecule has 0 spiro atoms. The number of para-hydroxylation sites is 1. The molecule has 0 bridgehead atoms. The monoisotopic (exact) mass is 453 g/mol. The summed E-state index contributed by atoms with van der Waals surface area (Å²) >= 11 is 0. The van der Waals surface area contributed by atoms with E-state index in [0.717, 1.165) is 22.5 Å². The number of aromatic amines is 1. The van der Waals surface area contributed by atoms with E-state index in [-0.39, 0.29) is 5.82 Å². The first-order valence-corrected chi connectivity index (χ1v) is 10.5. The summed E-state index contributed by atoms with van der Waals surface area (Å²) in [6.07, 6.45) is 1.66. The smallest absolute Gasteiger partial charge is 0.250 e. The van der Waals surface area contributed by atoms with Gasteiger partial charge in [-0.15, -0.1) is 0 Å². The van der Waals surface area contributed by atoms with Crippen LogP contribution in [0.25, 0.3) is 22.4 Å². The van der Waals surface area contributed by atoms with Gasteiger partial charge in [-0.1, -0.05) is 6.07 Å². The maximum Gasteiger partial charge on any atom is 0.250 e. The predicted molar refractivity (Wildman–Crippen MR) is 130 cm³/mol. The Morgan fingerprint density at radius 2 is 1.76 bits per heavy atom. The molecule has 9 heteroatoms. The molecular weight excluding hydrogens is 433 g/mol. The number of imidazole rings is 1. The molecule has 4 N–H and O–H groups in total. The quantitative estimate of drug-likeness (QED) is 0.341. The zero-order chi connectivity index (χ0) is 23.7. The number of nitrogens with zero attached hydrogens (tertiary/aromatic N) is 4. The van der Waals surface area contributed by atoms with Gasteiger partial charge in [-0.3, -0.25) is 4.79 Å². The first-order chi connectivity index (χ1) is 16.5. The minimum absolute atomic E-state index is 0.290. The Labute approximate surface area is 194 Å². The van der Waals surface area contributed by atoms with Crippen molar-refractivity contribution < 1.29 is 9.18 Å². The largest absolute Gasteiger partial charge is 0.366 e. The van der Waals surface area contributed by atoms with Crippen LogP contribution in [0.3, 0.4) is 0 Å². The molecular formula is C25H20FN7O. The normalized spacial score (nSPS) is 10.9. The molecule has 0 saturated carbocycles. The summed E-state index contributed by atoms with van der Waals surface area (Å²) in [4.78, 5) is 30.1. The number of nitrogens with one attached hydrogen (secondary N) is 2. The van der Waals surface area contributed by atoms with Gasteiger partial charge in [0.15, 0.2) is 0 Å². The first-order valence-electron chi connectivity index (χ1n) is 10.5. The average molecular weight is 453 g/mol. The number of nitrogens with two attached hydrogens (primary N) is 1. The molecule has 5 aromatic rings. The maximum absolute atomic E-state index is 13.2. The number of fused-ring (bicyclic) bond motifs is 1. The van der Waals surface area contributed by atoms with Crippen LogP contribution >= 0.6 is 0 Å². The lowest BCUT2D eigenvalue weighted by molar-refractivity contribution is 0.100. The minimum atomic E-state index is -0.518. The van der Waals surface area contributed by atoms with E-state index in [9.17, 15) is 9.18 Å². The number of hydrogen-bond donors (Lipinski definition) is 3. The van der Waals surface area contributed by atoms with Crippen LogP contribution in [-0.2, 0) is 0 Å². The molecule has 0 unspecified atom stereocenters. The van der Waals surface area contributed by atoms with Gasteiger partial charge < -0.3 is 20.9 Å². The number of aromatic nitrogens is 4. The molecule has 0 fully saturated rings. The number of rotatable bonds is 6. The van der Waals surface area contributed by atoms with E-state index in [1.54, 1.807) is 36.5 Å². The SMILES string of the molecule is CN(c1ccc(F)cc1)c1ccnc(Nc2ccc(-c3nc4c(C(N)=O)cccc4[nH]3)cc2)n1. The van der Waals surface area contributed by atoms with Gasteiger partial charge in [0.05, 0.1) is 11.1 Å². The molecule has 0 saturated heterocycles. The molecule has 1 amide bonds. The highest BCUT2D eigenvalue weighted by Crippen LogP contribution is 2.26. The zero-order valence-corrected chi connectivity index (χ0v) is 18.2. The Morgan fingerprint density at radius 3 is 2.50 bits per heavy atom. The van der Waals surface area contributed by atoms with Gasteiger partial charge in [0.25, 0.3) is 5.91 Å². The Bertz CT molecular complexity index is 1480. The summed E-state index contributed by atoms with van der Waals surface area (Å²) in [5, 5.41) is 3.19. The number of anilines is 4. The molecule has 0 atom stereocenters. The maximum atomic E-state index is 13.2. The van der Waals surface area contributed by atoms with Gasteiger partial charge in [-0.05, 0) is 66.7 Å². The van der Waals surface area contributed by atoms with Crippen molar-refractivity contribution in [3.8, 4) is 11.4 Å². The lowest BCUT2D eigenvalue weighted by atomic mass is 10.2. The fraction of sp³-hybridized carbons (Fsp3) is 0.0400. The summed E-state index contributed by atoms with van der Waals surface area (Å²) < 4.78 is 13.2. The molecule has 2 heterocycles. The Morgan fingerprint density at radius 1 is 1.00 bits per heavy atom. The van der Waals surface area contributed by atoms with Crippen LogP contribution in [0, 0.1) is 5.82 Å². The van der Waals surface area contributed by atoms with E-state index in [1.807, 2.05) is 42.3 Å². The van der Waals surface area contributed by atoms with Crippen molar-refractivity contribution in [3.05, 3.63) is 90.4 Å². The highest BCUT2D eigenvalue weighted by molar-refractivity contribution is 6.04. The molecule has 0 aliphatic carbocycles. The number of halogens is 1. The molecule has 2 aromatic heterocycles. The fourth-order valence-electron chi connectivity index (χ4n) is 3.60. The van der Waals surface area contributed by atoms with E-state index < -0.39 is 5.91 Å². The average Bonchev–Trinajstić information content (AvgIpc) is 3.29. The Kier molecular flexibility index (Phi) is 5.35. The van der Waals surface area contributed by atoms with E-state index in [1.165, 1.54) is 12.1 Å². The summed E-state index contributed by atoms with van der Waals surface area (Å²) in [5.74, 6) is 0.911. The molecule has 34 heavy (non-hydrogen) atoms. The van der Waals surface area contributed by atoms with E-state index in [0.29, 0.717) is 28.7 Å². The molecule has 8 nitrogen and oxygen atoms in total. The number of hydrogen-bond acceptors (Lipinski definition) is 6. The van der Waals surface area contributed by atoms with Crippen molar-refractivity contribution in [2.75, 3.05) is 17.3 Å². The number of carbonyl (C=O) groups is 1. The van der Waals surface area contributed by atoms with Crippen LogP contribution in [-0.4, -0.2) is 32.9 Å².